The van der Waals surface area contributed by atoms with E-state index >= 15 is 0 Å². The van der Waals surface area contributed by atoms with Gasteiger partial charge in [-0.1, -0.05) is 24.3 Å². The maximum atomic E-state index is 4.04. The Kier molecular flexibility index (Phi) is 3.42. The molecule has 0 amide bonds. The number of nitrogens with zero attached hydrogens (tertiary/aromatic N) is 2. The van der Waals surface area contributed by atoms with Crippen LogP contribution in [-0.4, -0.2) is 16.1 Å². The fraction of sp³-hybridized carbons (Fsp3) is 0.400. The molecule has 3 rings (SSSR count). The minimum atomic E-state index is 0.830. The molecule has 0 unspecified atom stereocenters. The summed E-state index contributed by atoms with van der Waals surface area (Å²) in [4.78, 5) is 4.04. The Labute approximate surface area is 108 Å². The Balaban J connectivity index is 1.50. The fourth-order valence-corrected chi connectivity index (χ4v) is 2.34. The van der Waals surface area contributed by atoms with Gasteiger partial charge in [0.2, 0.25) is 0 Å². The summed E-state index contributed by atoms with van der Waals surface area (Å²) in [6.07, 6.45) is 8.42. The van der Waals surface area contributed by atoms with E-state index in [-0.39, 0.29) is 0 Å². The lowest BCUT2D eigenvalue weighted by atomic mass is 10.0. The maximum absolute atomic E-state index is 4.04. The predicted octanol–water partition coefficient (Wildman–Crippen LogP) is 2.55. The van der Waals surface area contributed by atoms with E-state index in [9.17, 15) is 0 Å². The van der Waals surface area contributed by atoms with Crippen LogP contribution in [0.2, 0.25) is 0 Å². The third-order valence-corrected chi connectivity index (χ3v) is 3.49. The standard InChI is InChI=1S/C15H19N3/c1-2-4-15(13-5-6-13)14(3-1)11-16-7-9-18-10-8-17-12-18/h1-4,8,10,12-13,16H,5-7,9,11H2. The summed E-state index contributed by atoms with van der Waals surface area (Å²) >= 11 is 0. The number of nitrogens with one attached hydrogen (secondary N) is 1. The molecule has 0 radical (unpaired) electrons. The van der Waals surface area contributed by atoms with E-state index in [0.29, 0.717) is 0 Å². The number of imidazole rings is 1. The van der Waals surface area contributed by atoms with E-state index in [1.807, 2.05) is 18.7 Å². The minimum Gasteiger partial charge on any atom is -0.336 e. The van der Waals surface area contributed by atoms with Gasteiger partial charge in [0.05, 0.1) is 6.33 Å². The van der Waals surface area contributed by atoms with Gasteiger partial charge in [-0.05, 0) is 29.9 Å². The molecule has 0 bridgehead atoms. The molecule has 0 saturated heterocycles. The fourth-order valence-electron chi connectivity index (χ4n) is 2.34. The van der Waals surface area contributed by atoms with Crippen molar-refractivity contribution in [2.24, 2.45) is 0 Å². The first-order valence-corrected chi connectivity index (χ1v) is 6.68. The van der Waals surface area contributed by atoms with Gasteiger partial charge in [-0.25, -0.2) is 4.98 Å². The van der Waals surface area contributed by atoms with Crippen LogP contribution >= 0.6 is 0 Å². The van der Waals surface area contributed by atoms with Gasteiger partial charge in [-0.2, -0.15) is 0 Å². The van der Waals surface area contributed by atoms with Crippen molar-refractivity contribution in [3.63, 3.8) is 0 Å². The van der Waals surface area contributed by atoms with E-state index in [4.69, 9.17) is 0 Å². The average Bonchev–Trinajstić information content (AvgIpc) is 3.12. The summed E-state index contributed by atoms with van der Waals surface area (Å²) in [6, 6.07) is 8.82. The number of benzene rings is 1. The smallest absolute Gasteiger partial charge is 0.0946 e. The highest BCUT2D eigenvalue weighted by Gasteiger charge is 2.25. The second kappa shape index (κ2) is 5.36. The normalized spacial score (nSPS) is 14.9. The van der Waals surface area contributed by atoms with E-state index in [2.05, 4.69) is 39.1 Å². The molecule has 1 saturated carbocycles. The van der Waals surface area contributed by atoms with Crippen LogP contribution in [0.3, 0.4) is 0 Å². The third-order valence-electron chi connectivity index (χ3n) is 3.49. The lowest BCUT2D eigenvalue weighted by molar-refractivity contribution is 0.595. The van der Waals surface area contributed by atoms with Crippen molar-refractivity contribution >= 4 is 0 Å². The Hall–Kier alpha value is -1.61. The molecule has 0 atom stereocenters. The lowest BCUT2D eigenvalue weighted by Gasteiger charge is -2.10. The highest BCUT2D eigenvalue weighted by Crippen LogP contribution is 2.41. The number of aromatic nitrogens is 2. The van der Waals surface area contributed by atoms with Crippen molar-refractivity contribution < 1.29 is 0 Å². The Morgan fingerprint density at radius 3 is 2.94 bits per heavy atom. The maximum Gasteiger partial charge on any atom is 0.0946 e. The Morgan fingerprint density at radius 2 is 2.17 bits per heavy atom. The Bertz CT molecular complexity index is 486. The summed E-state index contributed by atoms with van der Waals surface area (Å²) in [5, 5.41) is 3.51. The van der Waals surface area contributed by atoms with Gasteiger partial charge in [0.25, 0.3) is 0 Å². The van der Waals surface area contributed by atoms with Crippen LogP contribution in [0, 0.1) is 0 Å². The van der Waals surface area contributed by atoms with Gasteiger partial charge in [0.15, 0.2) is 0 Å². The first kappa shape index (κ1) is 11.5. The first-order valence-electron chi connectivity index (χ1n) is 6.68. The monoisotopic (exact) mass is 241 g/mol. The van der Waals surface area contributed by atoms with Gasteiger partial charge in [0, 0.05) is 32.0 Å². The molecule has 3 nitrogen and oxygen atoms in total. The molecule has 1 fully saturated rings. The van der Waals surface area contributed by atoms with Crippen molar-refractivity contribution in [2.75, 3.05) is 6.54 Å². The van der Waals surface area contributed by atoms with Gasteiger partial charge >= 0.3 is 0 Å². The molecule has 3 heteroatoms. The number of hydrogen-bond acceptors (Lipinski definition) is 2. The van der Waals surface area contributed by atoms with Gasteiger partial charge in [-0.3, -0.25) is 0 Å². The molecular weight excluding hydrogens is 222 g/mol. The van der Waals surface area contributed by atoms with Crippen molar-refractivity contribution in [3.05, 3.63) is 54.1 Å². The Morgan fingerprint density at radius 1 is 1.28 bits per heavy atom. The quantitative estimate of drug-likeness (QED) is 0.788. The van der Waals surface area contributed by atoms with E-state index < -0.39 is 0 Å². The minimum absolute atomic E-state index is 0.830. The highest BCUT2D eigenvalue weighted by atomic mass is 15.0. The zero-order valence-corrected chi connectivity index (χ0v) is 10.5. The molecule has 1 aliphatic carbocycles. The van der Waals surface area contributed by atoms with Crippen LogP contribution in [0.15, 0.2) is 43.0 Å². The average molecular weight is 241 g/mol. The summed E-state index contributed by atoms with van der Waals surface area (Å²) in [6.45, 7) is 2.93. The zero-order chi connectivity index (χ0) is 12.2. The van der Waals surface area contributed by atoms with Crippen molar-refractivity contribution in [1.82, 2.24) is 14.9 Å². The van der Waals surface area contributed by atoms with Crippen molar-refractivity contribution in [3.8, 4) is 0 Å². The number of hydrogen-bond donors (Lipinski definition) is 1. The van der Waals surface area contributed by atoms with Crippen LogP contribution in [0.5, 0.6) is 0 Å². The largest absolute Gasteiger partial charge is 0.336 e. The van der Waals surface area contributed by atoms with E-state index in [1.165, 1.54) is 18.4 Å². The predicted molar refractivity (Wildman–Crippen MR) is 72.4 cm³/mol. The molecule has 1 aromatic heterocycles. The first-order chi connectivity index (χ1) is 8.93. The lowest BCUT2D eigenvalue weighted by Crippen LogP contribution is -2.19. The SMILES string of the molecule is c1ccc(C2CC2)c(CNCCn2ccnc2)c1. The molecule has 1 heterocycles. The van der Waals surface area contributed by atoms with Gasteiger partial charge in [-0.15, -0.1) is 0 Å². The summed E-state index contributed by atoms with van der Waals surface area (Å²) in [5.41, 5.74) is 3.01. The third kappa shape index (κ3) is 2.79. The molecule has 18 heavy (non-hydrogen) atoms. The molecule has 0 spiro atoms. The van der Waals surface area contributed by atoms with E-state index in [0.717, 1.165) is 25.6 Å². The topological polar surface area (TPSA) is 29.9 Å². The zero-order valence-electron chi connectivity index (χ0n) is 10.5. The second-order valence-electron chi connectivity index (χ2n) is 4.95. The summed E-state index contributed by atoms with van der Waals surface area (Å²) in [7, 11) is 0. The molecule has 0 aliphatic heterocycles. The van der Waals surface area contributed by atoms with Crippen molar-refractivity contribution in [2.45, 2.75) is 31.8 Å². The van der Waals surface area contributed by atoms with Crippen LogP contribution in [0.1, 0.15) is 29.9 Å². The second-order valence-corrected chi connectivity index (χ2v) is 4.95. The van der Waals surface area contributed by atoms with Gasteiger partial charge < -0.3 is 9.88 Å². The molecule has 2 aromatic rings. The molecule has 1 aromatic carbocycles. The van der Waals surface area contributed by atoms with Crippen LogP contribution in [0.4, 0.5) is 0 Å². The van der Waals surface area contributed by atoms with E-state index in [1.54, 1.807) is 5.56 Å². The molecule has 1 aliphatic rings. The number of rotatable bonds is 6. The summed E-state index contributed by atoms with van der Waals surface area (Å²) in [5.74, 6) is 0.830. The van der Waals surface area contributed by atoms with Crippen LogP contribution < -0.4 is 5.32 Å². The molecular formula is C15H19N3. The van der Waals surface area contributed by atoms with Crippen LogP contribution in [0.25, 0.3) is 0 Å². The van der Waals surface area contributed by atoms with Crippen LogP contribution in [-0.2, 0) is 13.1 Å². The highest BCUT2D eigenvalue weighted by molar-refractivity contribution is 5.33. The van der Waals surface area contributed by atoms with Gasteiger partial charge in [0.1, 0.15) is 0 Å². The molecule has 94 valence electrons. The van der Waals surface area contributed by atoms with Crippen molar-refractivity contribution in [1.29, 1.82) is 0 Å². The molecule has 1 N–H and O–H groups in total. The summed E-state index contributed by atoms with van der Waals surface area (Å²) < 4.78 is 2.10.